The van der Waals surface area contributed by atoms with Crippen LogP contribution in [0.15, 0.2) is 36.9 Å². The van der Waals surface area contributed by atoms with Crippen LogP contribution >= 0.6 is 0 Å². The molecule has 0 saturated carbocycles. The molecule has 3 atom stereocenters. The van der Waals surface area contributed by atoms with Crippen LogP contribution in [0.25, 0.3) is 11.2 Å². The third-order valence-electron chi connectivity index (χ3n) is 6.96. The van der Waals surface area contributed by atoms with Crippen molar-refractivity contribution in [2.45, 2.75) is 77.4 Å². The Balaban J connectivity index is 1.24. The highest BCUT2D eigenvalue weighted by Crippen LogP contribution is 2.32. The standard InChI is InChI=1S/C27H40N8O3/c1-17(2)34(12-6-11-29-26(37)33-19-9-7-18(8-10-19)27(3,4)5)14-21-20(36)13-22(38-21)35-16-32-23-24(28)30-15-31-25(23)35/h7-10,15-17,20-22,36H,6,11-14H2,1-5H3,(H2,28,30,31)(H2,29,33,37)/t20-,21-,22-/m1/s1. The van der Waals surface area contributed by atoms with Crippen molar-refractivity contribution in [1.29, 1.82) is 0 Å². The van der Waals surface area contributed by atoms with E-state index in [1.165, 1.54) is 11.9 Å². The summed E-state index contributed by atoms with van der Waals surface area (Å²) >= 11 is 0. The number of nitrogens with zero attached hydrogens (tertiary/aromatic N) is 5. The van der Waals surface area contributed by atoms with Gasteiger partial charge in [0.1, 0.15) is 18.1 Å². The van der Waals surface area contributed by atoms with Gasteiger partial charge in [-0.2, -0.15) is 0 Å². The van der Waals surface area contributed by atoms with E-state index in [0.29, 0.717) is 36.5 Å². The lowest BCUT2D eigenvalue weighted by Gasteiger charge is -2.30. The third kappa shape index (κ3) is 6.58. The fourth-order valence-electron chi connectivity index (χ4n) is 4.64. The molecule has 0 bridgehead atoms. The average Bonchev–Trinajstić information content (AvgIpc) is 3.44. The molecule has 206 valence electrons. The lowest BCUT2D eigenvalue weighted by Crippen LogP contribution is -2.42. The summed E-state index contributed by atoms with van der Waals surface area (Å²) in [6, 6.07) is 7.96. The number of aliphatic hydroxyl groups excluding tert-OH is 1. The molecule has 2 aromatic heterocycles. The highest BCUT2D eigenvalue weighted by Gasteiger charge is 2.37. The highest BCUT2D eigenvalue weighted by atomic mass is 16.5. The van der Waals surface area contributed by atoms with Gasteiger partial charge in [0.05, 0.1) is 18.5 Å². The number of hydrogen-bond donors (Lipinski definition) is 4. The maximum absolute atomic E-state index is 12.3. The van der Waals surface area contributed by atoms with Crippen molar-refractivity contribution in [1.82, 2.24) is 29.7 Å². The number of nitrogen functional groups attached to an aromatic ring is 1. The zero-order chi connectivity index (χ0) is 27.4. The van der Waals surface area contributed by atoms with E-state index in [0.717, 1.165) is 18.7 Å². The molecule has 4 rings (SSSR count). The number of anilines is 2. The zero-order valence-corrected chi connectivity index (χ0v) is 22.9. The molecule has 5 N–H and O–H groups in total. The Morgan fingerprint density at radius 2 is 1.97 bits per heavy atom. The van der Waals surface area contributed by atoms with E-state index in [1.54, 1.807) is 10.9 Å². The molecule has 11 nitrogen and oxygen atoms in total. The van der Waals surface area contributed by atoms with Crippen molar-refractivity contribution in [2.24, 2.45) is 0 Å². The lowest BCUT2D eigenvalue weighted by atomic mass is 9.87. The number of rotatable bonds is 9. The van der Waals surface area contributed by atoms with Crippen molar-refractivity contribution < 1.29 is 14.6 Å². The minimum absolute atomic E-state index is 0.0703. The number of nitrogens with two attached hydrogens (primary N) is 1. The topological polar surface area (TPSA) is 143 Å². The first kappa shape index (κ1) is 27.7. The normalized spacial score (nSPS) is 19.9. The molecule has 1 saturated heterocycles. The van der Waals surface area contributed by atoms with Crippen molar-refractivity contribution in [3.8, 4) is 0 Å². The van der Waals surface area contributed by atoms with Gasteiger partial charge >= 0.3 is 6.03 Å². The second kappa shape index (κ2) is 11.6. The quantitative estimate of drug-likeness (QED) is 0.312. The number of urea groups is 1. The summed E-state index contributed by atoms with van der Waals surface area (Å²) in [5, 5.41) is 16.6. The molecule has 38 heavy (non-hydrogen) atoms. The fourth-order valence-corrected chi connectivity index (χ4v) is 4.64. The molecule has 1 aromatic carbocycles. The molecule has 0 unspecified atom stereocenters. The number of fused-ring (bicyclic) bond motifs is 1. The van der Waals surface area contributed by atoms with Gasteiger partial charge in [-0.05, 0) is 43.4 Å². The van der Waals surface area contributed by atoms with Gasteiger partial charge in [0.25, 0.3) is 0 Å². The van der Waals surface area contributed by atoms with Crippen LogP contribution in [0.4, 0.5) is 16.3 Å². The summed E-state index contributed by atoms with van der Waals surface area (Å²) in [5.74, 6) is 0.315. The van der Waals surface area contributed by atoms with Gasteiger partial charge in [0.15, 0.2) is 11.5 Å². The van der Waals surface area contributed by atoms with Crippen molar-refractivity contribution in [3.05, 3.63) is 42.5 Å². The SMILES string of the molecule is CC(C)N(CCCNC(=O)Nc1ccc(C(C)(C)C)cc1)C[C@H]1O[C@@H](n2cnc3c(N)ncnc32)C[C@H]1O. The number of nitrogens with one attached hydrogen (secondary N) is 2. The van der Waals surface area contributed by atoms with E-state index in [4.69, 9.17) is 10.5 Å². The molecule has 0 radical (unpaired) electrons. The second-order valence-electron chi connectivity index (χ2n) is 11.2. The number of aromatic nitrogens is 4. The number of hydrogen-bond acceptors (Lipinski definition) is 8. The molecular weight excluding hydrogens is 484 g/mol. The van der Waals surface area contributed by atoms with E-state index >= 15 is 0 Å². The maximum Gasteiger partial charge on any atom is 0.319 e. The van der Waals surface area contributed by atoms with Crippen molar-refractivity contribution in [3.63, 3.8) is 0 Å². The summed E-state index contributed by atoms with van der Waals surface area (Å²) in [5.41, 5.74) is 9.07. The number of benzene rings is 1. The van der Waals surface area contributed by atoms with E-state index in [1.807, 2.05) is 24.3 Å². The zero-order valence-electron chi connectivity index (χ0n) is 22.9. The van der Waals surface area contributed by atoms with Crippen LogP contribution in [0.3, 0.4) is 0 Å². The Kier molecular flexibility index (Phi) is 8.49. The lowest BCUT2D eigenvalue weighted by molar-refractivity contribution is -0.0375. The van der Waals surface area contributed by atoms with Crippen LogP contribution in [0.2, 0.25) is 0 Å². The van der Waals surface area contributed by atoms with Gasteiger partial charge in [0, 0.05) is 37.8 Å². The Hall–Kier alpha value is -3.28. The second-order valence-corrected chi connectivity index (χ2v) is 11.2. The van der Waals surface area contributed by atoms with Crippen LogP contribution in [0.5, 0.6) is 0 Å². The number of carbonyl (C=O) groups excluding carboxylic acids is 1. The van der Waals surface area contributed by atoms with Gasteiger partial charge in [0.2, 0.25) is 0 Å². The van der Waals surface area contributed by atoms with Crippen LogP contribution in [-0.4, -0.2) is 73.4 Å². The highest BCUT2D eigenvalue weighted by molar-refractivity contribution is 5.89. The molecule has 1 aliphatic rings. The van der Waals surface area contributed by atoms with Crippen LogP contribution in [0.1, 0.15) is 59.3 Å². The molecule has 0 aliphatic carbocycles. The number of ether oxygens (including phenoxy) is 1. The van der Waals surface area contributed by atoms with E-state index < -0.39 is 6.10 Å². The average molecular weight is 525 g/mol. The molecule has 1 fully saturated rings. The van der Waals surface area contributed by atoms with Crippen LogP contribution < -0.4 is 16.4 Å². The Morgan fingerprint density at radius 3 is 2.66 bits per heavy atom. The van der Waals surface area contributed by atoms with Crippen LogP contribution in [-0.2, 0) is 10.2 Å². The molecular formula is C27H40N8O3. The van der Waals surface area contributed by atoms with Gasteiger partial charge in [-0.15, -0.1) is 0 Å². The third-order valence-corrected chi connectivity index (χ3v) is 6.96. The minimum atomic E-state index is -0.619. The monoisotopic (exact) mass is 524 g/mol. The first-order valence-electron chi connectivity index (χ1n) is 13.2. The molecule has 1 aliphatic heterocycles. The van der Waals surface area contributed by atoms with E-state index in [2.05, 4.69) is 65.1 Å². The Morgan fingerprint density at radius 1 is 1.24 bits per heavy atom. The predicted molar refractivity (Wildman–Crippen MR) is 148 cm³/mol. The maximum atomic E-state index is 12.3. The van der Waals surface area contributed by atoms with E-state index in [-0.39, 0.29) is 29.8 Å². The summed E-state index contributed by atoms with van der Waals surface area (Å²) < 4.78 is 8.04. The van der Waals surface area contributed by atoms with Crippen LogP contribution in [0, 0.1) is 0 Å². The number of imidazole rings is 1. The molecule has 0 spiro atoms. The number of carbonyl (C=O) groups is 1. The fraction of sp³-hybridized carbons (Fsp3) is 0.556. The molecule has 2 amide bonds. The van der Waals surface area contributed by atoms with Crippen molar-refractivity contribution in [2.75, 3.05) is 30.7 Å². The summed E-state index contributed by atoms with van der Waals surface area (Å²) in [6.07, 6.45) is 2.87. The summed E-state index contributed by atoms with van der Waals surface area (Å²) in [6.45, 7) is 12.6. The van der Waals surface area contributed by atoms with Gasteiger partial charge in [-0.3, -0.25) is 9.47 Å². The molecule has 3 aromatic rings. The van der Waals surface area contributed by atoms with Crippen molar-refractivity contribution >= 4 is 28.7 Å². The number of aliphatic hydroxyl groups is 1. The first-order valence-corrected chi connectivity index (χ1v) is 13.2. The molecule has 3 heterocycles. The Labute approximate surface area is 223 Å². The summed E-state index contributed by atoms with van der Waals surface area (Å²) in [4.78, 5) is 27.2. The van der Waals surface area contributed by atoms with Gasteiger partial charge in [-0.25, -0.2) is 19.7 Å². The van der Waals surface area contributed by atoms with Gasteiger partial charge in [-0.1, -0.05) is 32.9 Å². The smallest absolute Gasteiger partial charge is 0.319 e. The first-order chi connectivity index (χ1) is 18.0. The predicted octanol–water partition coefficient (Wildman–Crippen LogP) is 3.28. The number of amides is 2. The largest absolute Gasteiger partial charge is 0.390 e. The Bertz CT molecular complexity index is 1220. The minimum Gasteiger partial charge on any atom is -0.390 e. The van der Waals surface area contributed by atoms with Gasteiger partial charge < -0.3 is 26.2 Å². The summed E-state index contributed by atoms with van der Waals surface area (Å²) in [7, 11) is 0. The van der Waals surface area contributed by atoms with E-state index in [9.17, 15) is 9.90 Å². The molecule has 11 heteroatoms.